The zero-order chi connectivity index (χ0) is 14.9. The van der Waals surface area contributed by atoms with E-state index in [1.165, 1.54) is 25.7 Å². The van der Waals surface area contributed by atoms with Crippen LogP contribution in [0.3, 0.4) is 0 Å². The number of para-hydroxylation sites is 1. The van der Waals surface area contributed by atoms with Crippen LogP contribution in [0, 0.1) is 11.3 Å². The van der Waals surface area contributed by atoms with Crippen LogP contribution in [0.5, 0.6) is 0 Å². The van der Waals surface area contributed by atoms with Gasteiger partial charge in [-0.05, 0) is 49.1 Å². The molecule has 0 bridgehead atoms. The molecule has 112 valence electrons. The van der Waals surface area contributed by atoms with Crippen molar-refractivity contribution >= 4 is 0 Å². The van der Waals surface area contributed by atoms with Gasteiger partial charge in [0.15, 0.2) is 0 Å². The molecule has 1 heterocycles. The molecule has 1 aromatic heterocycles. The molecule has 1 fully saturated rings. The van der Waals surface area contributed by atoms with Crippen molar-refractivity contribution in [3.8, 4) is 5.69 Å². The Kier molecular flexibility index (Phi) is 3.81. The lowest BCUT2D eigenvalue weighted by atomic mass is 9.71. The molecule has 2 N–H and O–H groups in total. The van der Waals surface area contributed by atoms with E-state index >= 15 is 0 Å². The van der Waals surface area contributed by atoms with Crippen LogP contribution in [0.25, 0.3) is 5.69 Å². The second-order valence-corrected chi connectivity index (χ2v) is 6.93. The van der Waals surface area contributed by atoms with Gasteiger partial charge in [0.05, 0.1) is 23.6 Å². The largest absolute Gasteiger partial charge is 0.322 e. The Labute approximate surface area is 126 Å². The third-order valence-corrected chi connectivity index (χ3v) is 4.81. The summed E-state index contributed by atoms with van der Waals surface area (Å²) >= 11 is 0. The first kappa shape index (κ1) is 14.3. The van der Waals surface area contributed by atoms with E-state index < -0.39 is 0 Å². The number of hydrogen-bond acceptors (Lipinski definition) is 3. The second kappa shape index (κ2) is 5.60. The van der Waals surface area contributed by atoms with Gasteiger partial charge in [-0.3, -0.25) is 0 Å². The Balaban J connectivity index is 1.80. The first-order valence-corrected chi connectivity index (χ1v) is 7.78. The number of nitrogens with two attached hydrogens (primary N) is 1. The molecule has 21 heavy (non-hydrogen) atoms. The molecule has 1 atom stereocenters. The van der Waals surface area contributed by atoms with Crippen molar-refractivity contribution in [3.63, 3.8) is 0 Å². The molecular formula is C17H24N4. The number of aromatic nitrogens is 3. The Bertz CT molecular complexity index is 578. The molecule has 0 aliphatic heterocycles. The zero-order valence-electron chi connectivity index (χ0n) is 12.9. The Morgan fingerprint density at radius 1 is 1.19 bits per heavy atom. The Morgan fingerprint density at radius 2 is 1.86 bits per heavy atom. The SMILES string of the molecule is CC1(C)CCC(C(N)c2cnnn2-c2ccccc2)CC1. The molecule has 0 saturated heterocycles. The maximum Gasteiger partial charge on any atom is 0.0815 e. The molecule has 1 saturated carbocycles. The molecule has 0 amide bonds. The van der Waals surface area contributed by atoms with Gasteiger partial charge in [0.2, 0.25) is 0 Å². The zero-order valence-corrected chi connectivity index (χ0v) is 12.9. The monoisotopic (exact) mass is 284 g/mol. The van der Waals surface area contributed by atoms with Gasteiger partial charge in [0.25, 0.3) is 0 Å². The highest BCUT2D eigenvalue weighted by molar-refractivity contribution is 5.32. The van der Waals surface area contributed by atoms with Crippen molar-refractivity contribution in [2.75, 3.05) is 0 Å². The number of hydrogen-bond donors (Lipinski definition) is 1. The maximum atomic E-state index is 6.54. The smallest absolute Gasteiger partial charge is 0.0815 e. The van der Waals surface area contributed by atoms with E-state index in [4.69, 9.17) is 5.73 Å². The van der Waals surface area contributed by atoms with E-state index in [0.29, 0.717) is 11.3 Å². The van der Waals surface area contributed by atoms with Crippen molar-refractivity contribution in [1.82, 2.24) is 15.0 Å². The van der Waals surface area contributed by atoms with Gasteiger partial charge in [-0.15, -0.1) is 5.10 Å². The molecule has 1 aliphatic carbocycles. The lowest BCUT2D eigenvalue weighted by Gasteiger charge is -2.36. The summed E-state index contributed by atoms with van der Waals surface area (Å²) in [4.78, 5) is 0. The highest BCUT2D eigenvalue weighted by Gasteiger charge is 2.32. The normalized spacial score (nSPS) is 20.3. The van der Waals surface area contributed by atoms with Gasteiger partial charge in [0, 0.05) is 0 Å². The van der Waals surface area contributed by atoms with Gasteiger partial charge >= 0.3 is 0 Å². The molecule has 4 heteroatoms. The summed E-state index contributed by atoms with van der Waals surface area (Å²) in [6.45, 7) is 4.70. The summed E-state index contributed by atoms with van der Waals surface area (Å²) in [6.07, 6.45) is 6.69. The second-order valence-electron chi connectivity index (χ2n) is 6.93. The summed E-state index contributed by atoms with van der Waals surface area (Å²) in [7, 11) is 0. The number of nitrogens with zero attached hydrogens (tertiary/aromatic N) is 3. The average molecular weight is 284 g/mol. The Hall–Kier alpha value is -1.68. The molecule has 3 rings (SSSR count). The van der Waals surface area contributed by atoms with Crippen molar-refractivity contribution < 1.29 is 0 Å². The maximum absolute atomic E-state index is 6.54. The minimum absolute atomic E-state index is 0.0105. The van der Waals surface area contributed by atoms with Gasteiger partial charge in [-0.2, -0.15) is 0 Å². The summed E-state index contributed by atoms with van der Waals surface area (Å²) in [5.41, 5.74) is 9.05. The van der Waals surface area contributed by atoms with E-state index in [2.05, 4.69) is 24.2 Å². The van der Waals surface area contributed by atoms with Gasteiger partial charge in [0.1, 0.15) is 0 Å². The van der Waals surface area contributed by atoms with Crippen LogP contribution in [-0.4, -0.2) is 15.0 Å². The van der Waals surface area contributed by atoms with Crippen LogP contribution in [-0.2, 0) is 0 Å². The lowest BCUT2D eigenvalue weighted by molar-refractivity contribution is 0.171. The minimum atomic E-state index is 0.0105. The topological polar surface area (TPSA) is 56.7 Å². The van der Waals surface area contributed by atoms with Crippen molar-refractivity contribution in [2.45, 2.75) is 45.6 Å². The fraction of sp³-hybridized carbons (Fsp3) is 0.529. The minimum Gasteiger partial charge on any atom is -0.322 e. The molecule has 4 nitrogen and oxygen atoms in total. The van der Waals surface area contributed by atoms with E-state index in [1.807, 2.05) is 41.2 Å². The van der Waals surface area contributed by atoms with E-state index in [-0.39, 0.29) is 6.04 Å². The van der Waals surface area contributed by atoms with Crippen LogP contribution in [0.4, 0.5) is 0 Å². The summed E-state index contributed by atoms with van der Waals surface area (Å²) in [6, 6.07) is 10.1. The molecule has 2 aromatic rings. The first-order chi connectivity index (χ1) is 10.1. The van der Waals surface area contributed by atoms with Crippen LogP contribution < -0.4 is 5.73 Å². The quantitative estimate of drug-likeness (QED) is 0.938. The highest BCUT2D eigenvalue weighted by atomic mass is 15.4. The van der Waals surface area contributed by atoms with E-state index in [9.17, 15) is 0 Å². The first-order valence-electron chi connectivity index (χ1n) is 7.78. The summed E-state index contributed by atoms with van der Waals surface area (Å²) < 4.78 is 1.88. The molecule has 1 unspecified atom stereocenters. The van der Waals surface area contributed by atoms with Crippen molar-refractivity contribution in [2.24, 2.45) is 17.1 Å². The summed E-state index contributed by atoms with van der Waals surface area (Å²) in [5, 5.41) is 8.29. The van der Waals surface area contributed by atoms with Crippen LogP contribution in [0.1, 0.15) is 51.3 Å². The molecule has 1 aromatic carbocycles. The number of rotatable bonds is 3. The fourth-order valence-corrected chi connectivity index (χ4v) is 3.26. The third kappa shape index (κ3) is 3.00. The molecule has 0 spiro atoms. The van der Waals surface area contributed by atoms with Gasteiger partial charge < -0.3 is 5.73 Å². The van der Waals surface area contributed by atoms with Gasteiger partial charge in [-0.1, -0.05) is 37.3 Å². The predicted molar refractivity (Wildman–Crippen MR) is 84.0 cm³/mol. The molecule has 0 radical (unpaired) electrons. The van der Waals surface area contributed by atoms with Gasteiger partial charge in [-0.25, -0.2) is 4.68 Å². The van der Waals surface area contributed by atoms with E-state index in [1.54, 1.807) is 0 Å². The molecule has 1 aliphatic rings. The van der Waals surface area contributed by atoms with Crippen LogP contribution >= 0.6 is 0 Å². The highest BCUT2D eigenvalue weighted by Crippen LogP contribution is 2.42. The van der Waals surface area contributed by atoms with Crippen LogP contribution in [0.15, 0.2) is 36.5 Å². The van der Waals surface area contributed by atoms with Crippen LogP contribution in [0.2, 0.25) is 0 Å². The average Bonchev–Trinajstić information content (AvgIpc) is 2.97. The summed E-state index contributed by atoms with van der Waals surface area (Å²) in [5.74, 6) is 0.527. The van der Waals surface area contributed by atoms with Crippen molar-refractivity contribution in [1.29, 1.82) is 0 Å². The lowest BCUT2D eigenvalue weighted by Crippen LogP contribution is -2.30. The predicted octanol–water partition coefficient (Wildman–Crippen LogP) is 3.48. The third-order valence-electron chi connectivity index (χ3n) is 4.81. The van der Waals surface area contributed by atoms with Crippen molar-refractivity contribution in [3.05, 3.63) is 42.2 Å². The Morgan fingerprint density at radius 3 is 2.52 bits per heavy atom. The number of benzene rings is 1. The fourth-order valence-electron chi connectivity index (χ4n) is 3.26. The standard InChI is InChI=1S/C17H24N4/c1-17(2)10-8-13(9-11-17)16(18)15-12-19-20-21(15)14-6-4-3-5-7-14/h3-7,12-13,16H,8-11,18H2,1-2H3. The molecular weight excluding hydrogens is 260 g/mol. The van der Waals surface area contributed by atoms with E-state index in [0.717, 1.165) is 11.4 Å².